The first-order chi connectivity index (χ1) is 7.22. The number of carbonyl (C=O) groups is 1. The molecule has 0 spiro atoms. The Labute approximate surface area is 94.2 Å². The molecule has 0 N–H and O–H groups in total. The Morgan fingerprint density at radius 2 is 2.47 bits per heavy atom. The monoisotopic (exact) mass is 269 g/mol. The van der Waals surface area contributed by atoms with Gasteiger partial charge in [-0.25, -0.2) is 14.3 Å². The quantitative estimate of drug-likeness (QED) is 0.779. The molecule has 2 rings (SSSR count). The van der Waals surface area contributed by atoms with Gasteiger partial charge in [-0.15, -0.1) is 0 Å². The Hall–Kier alpha value is -1.43. The van der Waals surface area contributed by atoms with E-state index in [0.717, 1.165) is 9.99 Å². The predicted octanol–water partition coefficient (Wildman–Crippen LogP) is 1.67. The summed E-state index contributed by atoms with van der Waals surface area (Å²) in [5.74, 6) is -0.423. The molecule has 0 amide bonds. The van der Waals surface area contributed by atoms with Gasteiger partial charge in [0.05, 0.1) is 22.8 Å². The lowest BCUT2D eigenvalue weighted by Gasteiger charge is -2.00. The Balaban J connectivity index is 2.45. The van der Waals surface area contributed by atoms with Crippen molar-refractivity contribution < 1.29 is 9.53 Å². The zero-order valence-electron chi connectivity index (χ0n) is 7.98. The highest BCUT2D eigenvalue weighted by Crippen LogP contribution is 2.17. The summed E-state index contributed by atoms with van der Waals surface area (Å²) in [6, 6.07) is 1.63. The topological polar surface area (TPSA) is 56.5 Å². The zero-order valence-corrected chi connectivity index (χ0v) is 9.56. The fourth-order valence-electron chi connectivity index (χ4n) is 1.18. The number of hydrogen-bond acceptors (Lipinski definition) is 4. The molecule has 2 aromatic rings. The smallest absolute Gasteiger partial charge is 0.357 e. The maximum Gasteiger partial charge on any atom is 0.357 e. The van der Waals surface area contributed by atoms with E-state index in [1.165, 1.54) is 6.33 Å². The van der Waals surface area contributed by atoms with Crippen molar-refractivity contribution >= 4 is 27.4 Å². The van der Waals surface area contributed by atoms with Gasteiger partial charge in [-0.05, 0) is 28.9 Å². The third kappa shape index (κ3) is 1.85. The van der Waals surface area contributed by atoms with Crippen LogP contribution in [-0.4, -0.2) is 27.2 Å². The molecule has 0 bridgehead atoms. The summed E-state index contributed by atoms with van der Waals surface area (Å²) in [6.45, 7) is 2.09. The lowest BCUT2D eigenvalue weighted by atomic mass is 10.3. The van der Waals surface area contributed by atoms with E-state index in [4.69, 9.17) is 4.74 Å². The van der Waals surface area contributed by atoms with Crippen molar-refractivity contribution in [1.82, 2.24) is 14.6 Å². The van der Waals surface area contributed by atoms with Crippen LogP contribution in [0.4, 0.5) is 0 Å². The average Bonchev–Trinajstić information content (AvgIpc) is 2.60. The van der Waals surface area contributed by atoms with Gasteiger partial charge in [0, 0.05) is 0 Å². The molecular formula is C9H8BrN3O2. The number of ether oxygens (including phenoxy) is 1. The lowest BCUT2D eigenvalue weighted by Crippen LogP contribution is -2.07. The molecule has 0 unspecified atom stereocenters. The van der Waals surface area contributed by atoms with Crippen molar-refractivity contribution in [2.24, 2.45) is 0 Å². The van der Waals surface area contributed by atoms with Crippen LogP contribution >= 0.6 is 15.9 Å². The van der Waals surface area contributed by atoms with Crippen LogP contribution < -0.4 is 0 Å². The van der Waals surface area contributed by atoms with Crippen LogP contribution in [0.5, 0.6) is 0 Å². The zero-order chi connectivity index (χ0) is 10.8. The molecule has 15 heavy (non-hydrogen) atoms. The molecule has 2 aromatic heterocycles. The molecule has 0 saturated carbocycles. The van der Waals surface area contributed by atoms with E-state index in [-0.39, 0.29) is 5.69 Å². The standard InChI is InChI=1S/C9H8BrN3O2/c1-2-15-9(14)7-3-8-6(10)4-12-13(8)5-11-7/h3-5H,2H2,1H3. The van der Waals surface area contributed by atoms with E-state index in [0.29, 0.717) is 6.61 Å². The van der Waals surface area contributed by atoms with Crippen LogP contribution in [0.2, 0.25) is 0 Å². The number of esters is 1. The molecule has 2 heterocycles. The number of fused-ring (bicyclic) bond motifs is 1. The molecular weight excluding hydrogens is 262 g/mol. The molecule has 0 aromatic carbocycles. The van der Waals surface area contributed by atoms with Crippen LogP contribution in [0.3, 0.4) is 0 Å². The van der Waals surface area contributed by atoms with E-state index in [2.05, 4.69) is 26.0 Å². The second-order valence-electron chi connectivity index (χ2n) is 2.82. The predicted molar refractivity (Wildman–Crippen MR) is 56.6 cm³/mol. The van der Waals surface area contributed by atoms with Gasteiger partial charge in [-0.2, -0.15) is 5.10 Å². The molecule has 0 aliphatic rings. The number of nitrogens with zero attached hydrogens (tertiary/aromatic N) is 3. The summed E-state index contributed by atoms with van der Waals surface area (Å²) in [5.41, 5.74) is 1.07. The van der Waals surface area contributed by atoms with Gasteiger partial charge in [0.2, 0.25) is 0 Å². The molecule has 0 fully saturated rings. The summed E-state index contributed by atoms with van der Waals surface area (Å²) >= 11 is 3.33. The van der Waals surface area contributed by atoms with Gasteiger partial charge >= 0.3 is 5.97 Å². The highest BCUT2D eigenvalue weighted by molar-refractivity contribution is 9.10. The number of halogens is 1. The van der Waals surface area contributed by atoms with Gasteiger partial charge in [0.15, 0.2) is 5.69 Å². The van der Waals surface area contributed by atoms with Crippen LogP contribution in [0.15, 0.2) is 23.1 Å². The third-order valence-electron chi connectivity index (χ3n) is 1.85. The van der Waals surface area contributed by atoms with E-state index in [1.54, 1.807) is 23.7 Å². The van der Waals surface area contributed by atoms with Gasteiger partial charge in [-0.1, -0.05) is 0 Å². The fourth-order valence-corrected chi connectivity index (χ4v) is 1.57. The number of rotatable bonds is 2. The van der Waals surface area contributed by atoms with E-state index < -0.39 is 5.97 Å². The van der Waals surface area contributed by atoms with Crippen molar-refractivity contribution in [1.29, 1.82) is 0 Å². The van der Waals surface area contributed by atoms with Crippen molar-refractivity contribution in [3.8, 4) is 0 Å². The lowest BCUT2D eigenvalue weighted by molar-refractivity contribution is 0.0519. The number of aromatic nitrogens is 3. The van der Waals surface area contributed by atoms with Crippen LogP contribution in [0.1, 0.15) is 17.4 Å². The Morgan fingerprint density at radius 1 is 1.67 bits per heavy atom. The average molecular weight is 270 g/mol. The highest BCUT2D eigenvalue weighted by Gasteiger charge is 2.10. The maximum atomic E-state index is 11.4. The molecule has 78 valence electrons. The van der Waals surface area contributed by atoms with Gasteiger partial charge in [-0.3, -0.25) is 0 Å². The van der Waals surface area contributed by atoms with Crippen molar-refractivity contribution in [3.05, 3.63) is 28.8 Å². The minimum absolute atomic E-state index is 0.283. The van der Waals surface area contributed by atoms with Crippen molar-refractivity contribution in [2.75, 3.05) is 6.61 Å². The first-order valence-corrected chi connectivity index (χ1v) is 5.17. The van der Waals surface area contributed by atoms with Crippen molar-refractivity contribution in [3.63, 3.8) is 0 Å². The molecule has 0 aliphatic carbocycles. The molecule has 0 saturated heterocycles. The second kappa shape index (κ2) is 3.98. The van der Waals surface area contributed by atoms with Crippen LogP contribution in [0.25, 0.3) is 5.52 Å². The molecule has 0 aliphatic heterocycles. The van der Waals surface area contributed by atoms with Crippen LogP contribution in [0, 0.1) is 0 Å². The van der Waals surface area contributed by atoms with Crippen molar-refractivity contribution in [2.45, 2.75) is 6.92 Å². The van der Waals surface area contributed by atoms with E-state index >= 15 is 0 Å². The minimum atomic E-state index is -0.423. The highest BCUT2D eigenvalue weighted by atomic mass is 79.9. The second-order valence-corrected chi connectivity index (χ2v) is 3.67. The Bertz CT molecular complexity index is 509. The summed E-state index contributed by atoms with van der Waals surface area (Å²) in [7, 11) is 0. The fraction of sp³-hybridized carbons (Fsp3) is 0.222. The molecule has 0 atom stereocenters. The summed E-state index contributed by atoms with van der Waals surface area (Å²) in [5, 5.41) is 4.02. The maximum absolute atomic E-state index is 11.4. The van der Waals surface area contributed by atoms with E-state index in [1.807, 2.05) is 0 Å². The van der Waals surface area contributed by atoms with Gasteiger partial charge in [0.1, 0.15) is 6.33 Å². The van der Waals surface area contributed by atoms with Crippen LogP contribution in [-0.2, 0) is 4.74 Å². The first-order valence-electron chi connectivity index (χ1n) is 4.38. The Kier molecular flexibility index (Phi) is 2.68. The van der Waals surface area contributed by atoms with E-state index in [9.17, 15) is 4.79 Å². The largest absolute Gasteiger partial charge is 0.461 e. The molecule has 6 heteroatoms. The number of hydrogen-bond donors (Lipinski definition) is 0. The SMILES string of the molecule is CCOC(=O)c1cc2c(Br)cnn2cn1. The normalized spacial score (nSPS) is 10.5. The summed E-state index contributed by atoms with van der Waals surface area (Å²) in [6.07, 6.45) is 3.12. The molecule has 0 radical (unpaired) electrons. The Morgan fingerprint density at radius 3 is 3.20 bits per heavy atom. The van der Waals surface area contributed by atoms with Gasteiger partial charge < -0.3 is 4.74 Å². The number of carbonyl (C=O) groups excluding carboxylic acids is 1. The first kappa shape index (κ1) is 10.1. The molecule has 5 nitrogen and oxygen atoms in total. The summed E-state index contributed by atoms with van der Waals surface area (Å²) in [4.78, 5) is 15.3. The van der Waals surface area contributed by atoms with Gasteiger partial charge in [0.25, 0.3) is 0 Å². The summed E-state index contributed by atoms with van der Waals surface area (Å²) < 4.78 is 7.24. The minimum Gasteiger partial charge on any atom is -0.461 e. The third-order valence-corrected chi connectivity index (χ3v) is 2.46.